The number of halogens is 3. The molecule has 0 bridgehead atoms. The number of ether oxygens (including phenoxy) is 6. The van der Waals surface area contributed by atoms with Crippen molar-refractivity contribution < 1.29 is 75.3 Å². The third-order valence-corrected chi connectivity index (χ3v) is 7.91. The van der Waals surface area contributed by atoms with Crippen molar-refractivity contribution in [2.75, 3.05) is 42.7 Å². The lowest BCUT2D eigenvalue weighted by Gasteiger charge is -2.09. The number of rotatable bonds is 10. The molecule has 0 saturated carbocycles. The van der Waals surface area contributed by atoms with Crippen molar-refractivity contribution in [3.8, 4) is 45.5 Å². The van der Waals surface area contributed by atoms with Crippen LogP contribution in [0.15, 0.2) is 110 Å². The van der Waals surface area contributed by atoms with E-state index in [4.69, 9.17) is 35.3 Å². The lowest BCUT2D eigenvalue weighted by atomic mass is 10.1. The molecule has 0 atom stereocenters. The minimum Gasteiger partial charge on any atom is -1.00 e. The highest BCUT2D eigenvalue weighted by atomic mass is 35.5. The highest BCUT2D eigenvalue weighted by Crippen LogP contribution is 2.30. The Morgan fingerprint density at radius 3 is 1.56 bits per heavy atom. The summed E-state index contributed by atoms with van der Waals surface area (Å²) in [6.45, 7) is 0. The Kier molecular flexibility index (Phi) is 19.7. The van der Waals surface area contributed by atoms with E-state index < -0.39 is 11.9 Å². The van der Waals surface area contributed by atoms with Gasteiger partial charge in [-0.15, -0.1) is 0 Å². The third-order valence-electron chi connectivity index (χ3n) is 7.70. The summed E-state index contributed by atoms with van der Waals surface area (Å²) in [6, 6.07) is 29.2. The maximum absolute atomic E-state index is 12.0. The number of nitrogens with zero attached hydrogens (tertiary/aromatic N) is 4. The average Bonchev–Trinajstić information content (AvgIpc) is 3.23. The molecule has 14 nitrogen and oxygen atoms in total. The van der Waals surface area contributed by atoms with Gasteiger partial charge in [-0.05, 0) is 36.4 Å². The van der Waals surface area contributed by atoms with Crippen molar-refractivity contribution in [2.24, 2.45) is 0 Å². The van der Waals surface area contributed by atoms with Gasteiger partial charge in [-0.3, -0.25) is 5.32 Å². The van der Waals surface area contributed by atoms with Gasteiger partial charge in [0.25, 0.3) is 0 Å². The standard InChI is InChI=1S/C20H19N3O4.C11H9ClN2O.C9H11NO3.2ClH.H2/c1-25-17-7-5-4-6-14(17)16-11-19(22-12-21-16)23-13-8-9-18(26-2)15(10-13)20(24)27-3;1-15-10-5-3-2-4-8(10)9-6-11(12)14-7-13-9;1-12-8-4-3-6(10)5-7(8)9(11)13-2;;;/h4-12H,1-3H3,(H,21,22,23);2-7H,1H3;3-5H,10H2,1-2H3;3*1H. The van der Waals surface area contributed by atoms with Gasteiger partial charge in [0, 0.05) is 49.0 Å². The molecule has 6 rings (SSSR count). The molecule has 0 aliphatic heterocycles. The van der Waals surface area contributed by atoms with Gasteiger partial charge < -0.3 is 59.0 Å². The second-order valence-electron chi connectivity index (χ2n) is 11.1. The molecule has 302 valence electrons. The monoisotopic (exact) mass is 840 g/mol. The lowest BCUT2D eigenvalue weighted by molar-refractivity contribution is -0.483. The molecule has 0 amide bonds. The number of esters is 2. The Hall–Kier alpha value is -6.03. The fourth-order valence-electron chi connectivity index (χ4n) is 5.07. The molecule has 2 heterocycles. The third kappa shape index (κ3) is 13.0. The van der Waals surface area contributed by atoms with Gasteiger partial charge in [0.2, 0.25) is 5.82 Å². The Morgan fingerprint density at radius 1 is 0.579 bits per heavy atom. The molecule has 2 aromatic heterocycles. The fraction of sp³-hybridized carbons (Fsp3) is 0.150. The van der Waals surface area contributed by atoms with E-state index >= 15 is 0 Å². The van der Waals surface area contributed by atoms with Crippen LogP contribution in [0, 0.1) is 0 Å². The van der Waals surface area contributed by atoms with Gasteiger partial charge in [-0.1, -0.05) is 35.9 Å². The predicted octanol–water partition coefficient (Wildman–Crippen LogP) is -0.111. The minimum atomic E-state index is -0.459. The molecule has 5 N–H and O–H groups in total. The van der Waals surface area contributed by atoms with Crippen LogP contribution >= 0.6 is 11.6 Å². The van der Waals surface area contributed by atoms with E-state index in [0.717, 1.165) is 45.4 Å². The summed E-state index contributed by atoms with van der Waals surface area (Å²) in [6.07, 6.45) is 2.93. The van der Waals surface area contributed by atoms with Crippen molar-refractivity contribution in [3.05, 3.63) is 126 Å². The number of hydrogen-bond donors (Lipinski definition) is 2. The number of para-hydroxylation sites is 2. The van der Waals surface area contributed by atoms with E-state index in [9.17, 15) is 9.59 Å². The predicted molar refractivity (Wildman–Crippen MR) is 208 cm³/mol. The molecule has 0 aliphatic carbocycles. The summed E-state index contributed by atoms with van der Waals surface area (Å²) < 4.78 is 30.3. The van der Waals surface area contributed by atoms with Crippen molar-refractivity contribution in [3.63, 3.8) is 0 Å². The first-order chi connectivity index (χ1) is 26.6. The zero-order chi connectivity index (χ0) is 39.7. The Balaban J connectivity index is 0.000000463. The maximum atomic E-state index is 12.0. The van der Waals surface area contributed by atoms with Gasteiger partial charge in [-0.2, -0.15) is 4.98 Å². The molecule has 0 saturated heterocycles. The molecule has 57 heavy (non-hydrogen) atoms. The normalized spacial score (nSPS) is 9.68. The topological polar surface area (TPSA) is 185 Å². The number of carbonyl (C=O) groups excluding carboxylic acids is 2. The van der Waals surface area contributed by atoms with Crippen LogP contribution < -0.4 is 54.8 Å². The molecule has 4 aromatic carbocycles. The van der Waals surface area contributed by atoms with E-state index in [-0.39, 0.29) is 26.2 Å². The molecule has 0 fully saturated rings. The van der Waals surface area contributed by atoms with Crippen LogP contribution in [-0.4, -0.2) is 74.5 Å². The summed E-state index contributed by atoms with van der Waals surface area (Å²) >= 11 is 5.80. The largest absolute Gasteiger partial charge is 1.00 e. The van der Waals surface area contributed by atoms with Gasteiger partial charge in [-0.25, -0.2) is 24.5 Å². The number of quaternary nitrogens is 2. The average molecular weight is 842 g/mol. The minimum absolute atomic E-state index is 0. The molecule has 0 spiro atoms. The van der Waals surface area contributed by atoms with Crippen molar-refractivity contribution >= 4 is 40.7 Å². The van der Waals surface area contributed by atoms with Crippen molar-refractivity contribution in [2.45, 2.75) is 0 Å². The number of carbonyl (C=O) groups is 2. The maximum Gasteiger partial charge on any atom is 0.341 e. The first-order valence-electron chi connectivity index (χ1n) is 16.4. The second-order valence-corrected chi connectivity index (χ2v) is 11.5. The molecule has 0 radical (unpaired) electrons. The summed E-state index contributed by atoms with van der Waals surface area (Å²) in [4.78, 5) is 39.8. The summed E-state index contributed by atoms with van der Waals surface area (Å²) in [7, 11) is 8.93. The number of methoxy groups -OCH3 is 6. The highest BCUT2D eigenvalue weighted by Gasteiger charge is 2.17. The molecular formula is C40H43Cl3N6O8. The van der Waals surface area contributed by atoms with Crippen LogP contribution in [0.4, 0.5) is 17.2 Å². The van der Waals surface area contributed by atoms with Crippen LogP contribution in [0.3, 0.4) is 0 Å². The summed E-state index contributed by atoms with van der Waals surface area (Å²) in [5.74, 6) is 2.29. The molecule has 0 unspecified atom stereocenters. The van der Waals surface area contributed by atoms with E-state index in [0.29, 0.717) is 33.6 Å². The smallest absolute Gasteiger partial charge is 0.341 e. The van der Waals surface area contributed by atoms with Crippen LogP contribution in [-0.2, 0) is 9.47 Å². The number of benzene rings is 4. The van der Waals surface area contributed by atoms with E-state index in [2.05, 4.69) is 30.4 Å². The molecule has 6 aromatic rings. The van der Waals surface area contributed by atoms with E-state index in [1.807, 2.05) is 66.0 Å². The van der Waals surface area contributed by atoms with Crippen LogP contribution in [0.2, 0.25) is 5.15 Å². The van der Waals surface area contributed by atoms with Crippen molar-refractivity contribution in [1.82, 2.24) is 19.9 Å². The lowest BCUT2D eigenvalue weighted by Crippen LogP contribution is -3.00. The van der Waals surface area contributed by atoms with E-state index in [1.165, 1.54) is 41.1 Å². The fourth-order valence-corrected chi connectivity index (χ4v) is 5.22. The first-order valence-corrected chi connectivity index (χ1v) is 16.8. The van der Waals surface area contributed by atoms with Gasteiger partial charge in [0.1, 0.15) is 63.3 Å². The second kappa shape index (κ2) is 23.8. The zero-order valence-electron chi connectivity index (χ0n) is 31.9. The van der Waals surface area contributed by atoms with Crippen LogP contribution in [0.25, 0.3) is 22.5 Å². The van der Waals surface area contributed by atoms with E-state index in [1.54, 1.807) is 50.6 Å². The van der Waals surface area contributed by atoms with Crippen LogP contribution in [0.1, 0.15) is 22.1 Å². The quantitative estimate of drug-likeness (QED) is 0.106. The molecule has 0 aliphatic rings. The van der Waals surface area contributed by atoms with Gasteiger partial charge in [0.15, 0.2) is 0 Å². The zero-order valence-corrected chi connectivity index (χ0v) is 34.1. The van der Waals surface area contributed by atoms with Crippen LogP contribution in [0.5, 0.6) is 23.0 Å². The number of nitrogens with two attached hydrogens (primary N) is 1. The Labute approximate surface area is 349 Å². The van der Waals surface area contributed by atoms with Crippen molar-refractivity contribution in [1.29, 1.82) is 0 Å². The number of aromatic nitrogens is 4. The molecule has 17 heteroatoms. The Morgan fingerprint density at radius 2 is 1.05 bits per heavy atom. The Bertz CT molecular complexity index is 2240. The molecular weight excluding hydrogens is 799 g/mol. The van der Waals surface area contributed by atoms with Gasteiger partial charge >= 0.3 is 11.9 Å². The SMILES string of the molecule is COC(=O)c1cc([NH2+]c2cc(-c3ccccc3OC)ncn2)ccc1OC.COC(=O)c1cc([NH3+])ccc1OC.COc1ccccc1-c1cc(Cl)ncn1.[Cl-].[Cl-].[HH]. The highest BCUT2D eigenvalue weighted by molar-refractivity contribution is 6.29. The first kappa shape index (κ1) is 47.1. The summed E-state index contributed by atoms with van der Waals surface area (Å²) in [5, 5.41) is 2.28. The summed E-state index contributed by atoms with van der Waals surface area (Å²) in [5.41, 5.74) is 9.29. The van der Waals surface area contributed by atoms with Gasteiger partial charge in [0.05, 0.1) is 54.0 Å². The number of hydrogen-bond acceptors (Lipinski definition) is 12.